The van der Waals surface area contributed by atoms with Gasteiger partial charge in [0.2, 0.25) is 0 Å². The molecule has 0 saturated carbocycles. The fraction of sp³-hybridized carbons (Fsp3) is 0.571. The first-order valence-electron chi connectivity index (χ1n) is 6.02. The van der Waals surface area contributed by atoms with Crippen LogP contribution < -0.4 is 10.5 Å². The number of benzene rings is 1. The SMILES string of the molecule is CCC(C)(C)c1ccc(OC)c(C(O)CN)c1. The second kappa shape index (κ2) is 5.52. The van der Waals surface area contributed by atoms with E-state index >= 15 is 0 Å². The van der Waals surface area contributed by atoms with Crippen LogP contribution in [-0.2, 0) is 5.41 Å². The van der Waals surface area contributed by atoms with Crippen molar-refractivity contribution in [2.75, 3.05) is 13.7 Å². The molecule has 1 unspecified atom stereocenters. The number of methoxy groups -OCH3 is 1. The number of ether oxygens (including phenoxy) is 1. The van der Waals surface area contributed by atoms with E-state index in [0.717, 1.165) is 12.0 Å². The van der Waals surface area contributed by atoms with E-state index in [1.165, 1.54) is 5.56 Å². The molecule has 0 bridgehead atoms. The maximum absolute atomic E-state index is 9.90. The summed E-state index contributed by atoms with van der Waals surface area (Å²) in [5, 5.41) is 9.90. The molecule has 0 amide bonds. The molecule has 0 aromatic heterocycles. The van der Waals surface area contributed by atoms with Crippen molar-refractivity contribution in [3.63, 3.8) is 0 Å². The normalized spacial score (nSPS) is 13.5. The number of nitrogens with two attached hydrogens (primary N) is 1. The molecule has 3 N–H and O–H groups in total. The number of hydrogen-bond acceptors (Lipinski definition) is 3. The fourth-order valence-electron chi connectivity index (χ4n) is 1.75. The van der Waals surface area contributed by atoms with Crippen LogP contribution in [0.1, 0.15) is 44.4 Å². The molecule has 0 fully saturated rings. The van der Waals surface area contributed by atoms with Crippen LogP contribution in [0.5, 0.6) is 5.75 Å². The van der Waals surface area contributed by atoms with Gasteiger partial charge in [-0.25, -0.2) is 0 Å². The van der Waals surface area contributed by atoms with Gasteiger partial charge in [-0.1, -0.05) is 26.8 Å². The van der Waals surface area contributed by atoms with Gasteiger partial charge in [0.1, 0.15) is 5.75 Å². The summed E-state index contributed by atoms with van der Waals surface area (Å²) in [6.07, 6.45) is 0.370. The largest absolute Gasteiger partial charge is 0.496 e. The molecule has 1 aromatic rings. The zero-order chi connectivity index (χ0) is 13.1. The van der Waals surface area contributed by atoms with Gasteiger partial charge >= 0.3 is 0 Å². The highest BCUT2D eigenvalue weighted by molar-refractivity contribution is 5.41. The lowest BCUT2D eigenvalue weighted by molar-refractivity contribution is 0.182. The number of rotatable bonds is 5. The lowest BCUT2D eigenvalue weighted by Crippen LogP contribution is -2.18. The molecule has 96 valence electrons. The third-order valence-electron chi connectivity index (χ3n) is 3.48. The van der Waals surface area contributed by atoms with Crippen LogP contribution in [0.2, 0.25) is 0 Å². The average Bonchev–Trinajstić information content (AvgIpc) is 2.36. The monoisotopic (exact) mass is 237 g/mol. The summed E-state index contributed by atoms with van der Waals surface area (Å²) in [6.45, 7) is 6.73. The van der Waals surface area contributed by atoms with Gasteiger partial charge in [0.15, 0.2) is 0 Å². The van der Waals surface area contributed by atoms with Crippen molar-refractivity contribution in [3.05, 3.63) is 29.3 Å². The van der Waals surface area contributed by atoms with E-state index in [-0.39, 0.29) is 12.0 Å². The Balaban J connectivity index is 3.22. The maximum Gasteiger partial charge on any atom is 0.124 e. The van der Waals surface area contributed by atoms with Crippen LogP contribution in [0, 0.1) is 0 Å². The molecular formula is C14H23NO2. The first-order valence-corrected chi connectivity index (χ1v) is 6.02. The highest BCUT2D eigenvalue weighted by Crippen LogP contribution is 2.33. The first-order chi connectivity index (χ1) is 7.96. The molecule has 3 nitrogen and oxygen atoms in total. The van der Waals surface area contributed by atoms with Gasteiger partial charge < -0.3 is 15.6 Å². The topological polar surface area (TPSA) is 55.5 Å². The third kappa shape index (κ3) is 2.99. The highest BCUT2D eigenvalue weighted by atomic mass is 16.5. The van der Waals surface area contributed by atoms with Crippen molar-refractivity contribution in [3.8, 4) is 5.75 Å². The van der Waals surface area contributed by atoms with Gasteiger partial charge in [-0.3, -0.25) is 0 Å². The van der Waals surface area contributed by atoms with Crippen LogP contribution in [0.3, 0.4) is 0 Å². The van der Waals surface area contributed by atoms with Crippen molar-refractivity contribution in [1.82, 2.24) is 0 Å². The van der Waals surface area contributed by atoms with Crippen LogP contribution in [0.15, 0.2) is 18.2 Å². The van der Waals surface area contributed by atoms with Crippen molar-refractivity contribution >= 4 is 0 Å². The second-order valence-electron chi connectivity index (χ2n) is 4.95. The molecular weight excluding hydrogens is 214 g/mol. The highest BCUT2D eigenvalue weighted by Gasteiger charge is 2.21. The minimum absolute atomic E-state index is 0.0926. The van der Waals surface area contributed by atoms with Crippen molar-refractivity contribution in [1.29, 1.82) is 0 Å². The molecule has 0 aliphatic heterocycles. The van der Waals surface area contributed by atoms with E-state index in [4.69, 9.17) is 10.5 Å². The third-order valence-corrected chi connectivity index (χ3v) is 3.48. The van der Waals surface area contributed by atoms with Crippen molar-refractivity contribution in [2.24, 2.45) is 5.73 Å². The zero-order valence-corrected chi connectivity index (χ0v) is 11.2. The summed E-state index contributed by atoms with van der Waals surface area (Å²) in [6, 6.07) is 5.95. The number of aliphatic hydroxyl groups is 1. The fourth-order valence-corrected chi connectivity index (χ4v) is 1.75. The van der Waals surface area contributed by atoms with Gasteiger partial charge in [0, 0.05) is 12.1 Å². The molecule has 17 heavy (non-hydrogen) atoms. The maximum atomic E-state index is 9.90. The van der Waals surface area contributed by atoms with E-state index in [1.54, 1.807) is 7.11 Å². The summed E-state index contributed by atoms with van der Waals surface area (Å²) in [5.74, 6) is 0.693. The van der Waals surface area contributed by atoms with E-state index in [0.29, 0.717) is 5.75 Å². The van der Waals surface area contributed by atoms with E-state index in [2.05, 4.69) is 26.8 Å². The molecule has 1 atom stereocenters. The Kier molecular flexibility index (Phi) is 4.54. The quantitative estimate of drug-likeness (QED) is 0.826. The molecule has 3 heteroatoms. The predicted octanol–water partition coefficient (Wildman–Crippen LogP) is 2.37. The second-order valence-corrected chi connectivity index (χ2v) is 4.95. The molecule has 0 spiro atoms. The van der Waals surface area contributed by atoms with Gasteiger partial charge in [-0.2, -0.15) is 0 Å². The minimum Gasteiger partial charge on any atom is -0.496 e. The average molecular weight is 237 g/mol. The summed E-state index contributed by atoms with van der Waals surface area (Å²) in [4.78, 5) is 0. The van der Waals surface area contributed by atoms with Crippen molar-refractivity contribution < 1.29 is 9.84 Å². The number of hydrogen-bond donors (Lipinski definition) is 2. The Morgan fingerprint density at radius 3 is 2.53 bits per heavy atom. The standard InChI is InChI=1S/C14H23NO2/c1-5-14(2,3)10-6-7-13(17-4)11(8-10)12(16)9-15/h6-8,12,16H,5,9,15H2,1-4H3. The van der Waals surface area contributed by atoms with E-state index in [9.17, 15) is 5.11 Å². The summed E-state index contributed by atoms with van der Waals surface area (Å²) in [7, 11) is 1.60. The lowest BCUT2D eigenvalue weighted by Gasteiger charge is -2.25. The molecule has 0 radical (unpaired) electrons. The Hall–Kier alpha value is -1.06. The van der Waals surface area contributed by atoms with Gasteiger partial charge in [-0.15, -0.1) is 0 Å². The molecule has 1 rings (SSSR count). The van der Waals surface area contributed by atoms with Crippen molar-refractivity contribution in [2.45, 2.75) is 38.7 Å². The lowest BCUT2D eigenvalue weighted by atomic mass is 9.81. The smallest absolute Gasteiger partial charge is 0.124 e. The van der Waals surface area contributed by atoms with Crippen LogP contribution in [-0.4, -0.2) is 18.8 Å². The molecule has 1 aromatic carbocycles. The Bertz CT molecular complexity index is 374. The summed E-state index contributed by atoms with van der Waals surface area (Å²) >= 11 is 0. The van der Waals surface area contributed by atoms with Gasteiger partial charge in [-0.05, 0) is 29.5 Å². The van der Waals surface area contributed by atoms with E-state index < -0.39 is 6.10 Å². The summed E-state index contributed by atoms with van der Waals surface area (Å²) in [5.41, 5.74) is 7.58. The van der Waals surface area contributed by atoms with E-state index in [1.807, 2.05) is 12.1 Å². The summed E-state index contributed by atoms with van der Waals surface area (Å²) < 4.78 is 5.25. The van der Waals surface area contributed by atoms with Gasteiger partial charge in [0.05, 0.1) is 13.2 Å². The molecule has 0 aliphatic rings. The van der Waals surface area contributed by atoms with Crippen LogP contribution >= 0.6 is 0 Å². The molecule has 0 saturated heterocycles. The van der Waals surface area contributed by atoms with Crippen LogP contribution in [0.4, 0.5) is 0 Å². The Morgan fingerprint density at radius 2 is 2.06 bits per heavy atom. The first kappa shape index (κ1) is 14.0. The predicted molar refractivity (Wildman–Crippen MR) is 70.3 cm³/mol. The van der Waals surface area contributed by atoms with Gasteiger partial charge in [0.25, 0.3) is 0 Å². The zero-order valence-electron chi connectivity index (χ0n) is 11.2. The molecule has 0 aliphatic carbocycles. The van der Waals surface area contributed by atoms with Crippen LogP contribution in [0.25, 0.3) is 0 Å². The number of aliphatic hydroxyl groups excluding tert-OH is 1. The Labute approximate surface area is 104 Å². The minimum atomic E-state index is -0.669. The Morgan fingerprint density at radius 1 is 1.41 bits per heavy atom. The molecule has 0 heterocycles.